The number of aliphatic hydroxyl groups is 2. The molecule has 4 N–H and O–H groups in total. The maximum absolute atomic E-state index is 12.1. The van der Waals surface area contributed by atoms with Gasteiger partial charge in [0.1, 0.15) is 30.0 Å². The van der Waals surface area contributed by atoms with Gasteiger partial charge < -0.3 is 29.8 Å². The molecule has 0 aromatic carbocycles. The Morgan fingerprint density at radius 1 is 1.37 bits per heavy atom. The number of ether oxygens (including phenoxy) is 1. The highest BCUT2D eigenvalue weighted by Crippen LogP contribution is 2.40. The summed E-state index contributed by atoms with van der Waals surface area (Å²) in [4.78, 5) is 8.15. The van der Waals surface area contributed by atoms with Crippen molar-refractivity contribution in [1.29, 1.82) is 0 Å². The van der Waals surface area contributed by atoms with Crippen LogP contribution in [-0.2, 0) is 13.8 Å². The third-order valence-corrected chi connectivity index (χ3v) is 6.39. The maximum Gasteiger partial charge on any atom is 0.194 e. The highest BCUT2D eigenvalue weighted by atomic mass is 31.1. The largest absolute Gasteiger partial charge is 0.388 e. The smallest absolute Gasteiger partial charge is 0.194 e. The molecule has 5 atom stereocenters. The molecule has 3 unspecified atom stereocenters. The van der Waals surface area contributed by atoms with E-state index in [0.717, 1.165) is 0 Å². The number of anilines is 1. The zero-order valence-corrected chi connectivity index (χ0v) is 16.9. The molecule has 0 saturated carbocycles. The Morgan fingerprint density at radius 3 is 2.74 bits per heavy atom. The topological polar surface area (TPSA) is 133 Å². The van der Waals surface area contributed by atoms with Crippen LogP contribution in [0.3, 0.4) is 0 Å². The van der Waals surface area contributed by atoms with E-state index < -0.39 is 38.2 Å². The van der Waals surface area contributed by atoms with Gasteiger partial charge in [0.05, 0.1) is 17.1 Å². The van der Waals surface area contributed by atoms with Crippen molar-refractivity contribution < 1.29 is 24.0 Å². The summed E-state index contributed by atoms with van der Waals surface area (Å²) in [6.07, 6.45) is -0.466. The van der Waals surface area contributed by atoms with Gasteiger partial charge >= 0.3 is 0 Å². The van der Waals surface area contributed by atoms with E-state index in [1.165, 1.54) is 6.33 Å². The molecule has 2 aromatic heterocycles. The second kappa shape index (κ2) is 7.48. The number of hydrogen-bond donors (Lipinski definition) is 3. The summed E-state index contributed by atoms with van der Waals surface area (Å²) in [5.74, 6) is 0.330. The van der Waals surface area contributed by atoms with Crippen molar-refractivity contribution in [3.63, 3.8) is 0 Å². The number of fused-ring (bicyclic) bond motifs is 1. The number of aromatic nitrogens is 3. The minimum absolute atomic E-state index is 0.0709. The summed E-state index contributed by atoms with van der Waals surface area (Å²) in [6.45, 7) is 7.27. The van der Waals surface area contributed by atoms with Crippen LogP contribution in [0.1, 0.15) is 40.3 Å². The van der Waals surface area contributed by atoms with Gasteiger partial charge in [-0.05, 0) is 19.9 Å². The summed E-state index contributed by atoms with van der Waals surface area (Å²) >= 11 is 0. The fourth-order valence-corrected chi connectivity index (χ4v) is 4.10. The van der Waals surface area contributed by atoms with Crippen LogP contribution in [0.4, 0.5) is 5.82 Å². The molecule has 0 bridgehead atoms. The van der Waals surface area contributed by atoms with Crippen LogP contribution in [0.5, 0.6) is 0 Å². The Hall–Kier alpha value is -1.51. The van der Waals surface area contributed by atoms with Crippen LogP contribution in [0.25, 0.3) is 11.0 Å². The first-order chi connectivity index (χ1) is 12.6. The van der Waals surface area contributed by atoms with Gasteiger partial charge in [-0.25, -0.2) is 9.97 Å². The van der Waals surface area contributed by atoms with E-state index in [9.17, 15) is 14.8 Å². The lowest BCUT2D eigenvalue weighted by molar-refractivity contribution is -0.0576. The molecule has 27 heavy (non-hydrogen) atoms. The molecule has 0 aliphatic carbocycles. The highest BCUT2D eigenvalue weighted by molar-refractivity contribution is 7.40. The van der Waals surface area contributed by atoms with Crippen LogP contribution < -0.4 is 5.73 Å². The molecular weight excluding hydrogens is 371 g/mol. The van der Waals surface area contributed by atoms with Crippen LogP contribution in [0.2, 0.25) is 0 Å². The predicted molar refractivity (Wildman–Crippen MR) is 102 cm³/mol. The predicted octanol–water partition coefficient (Wildman–Crippen LogP) is 1.70. The molecule has 0 spiro atoms. The zero-order chi connectivity index (χ0) is 19.9. The Balaban J connectivity index is 1.79. The van der Waals surface area contributed by atoms with Gasteiger partial charge in [-0.1, -0.05) is 13.8 Å². The second-order valence-electron chi connectivity index (χ2n) is 7.81. The van der Waals surface area contributed by atoms with Gasteiger partial charge in [-0.15, -0.1) is 0 Å². The minimum Gasteiger partial charge on any atom is -0.388 e. The Kier molecular flexibility index (Phi) is 5.61. The molecule has 2 aromatic rings. The lowest BCUT2D eigenvalue weighted by Gasteiger charge is -2.29. The Bertz CT molecular complexity index is 840. The molecule has 10 heteroatoms. The second-order valence-corrected chi connectivity index (χ2v) is 9.80. The average molecular weight is 398 g/mol. The summed E-state index contributed by atoms with van der Waals surface area (Å²) in [7, 11) is -2.21. The van der Waals surface area contributed by atoms with E-state index in [0.29, 0.717) is 16.9 Å². The van der Waals surface area contributed by atoms with E-state index >= 15 is 0 Å². The van der Waals surface area contributed by atoms with Gasteiger partial charge in [0.25, 0.3) is 0 Å². The SMILES string of the molecule is CC(C)[PH](=O)OC(C)(C)C[C@H]1OC(n2ccc3c(N)ncnc32)[C@H](O)C1O. The number of nitrogen functional groups attached to an aromatic ring is 1. The van der Waals surface area contributed by atoms with E-state index in [-0.39, 0.29) is 12.1 Å². The van der Waals surface area contributed by atoms with Crippen molar-refractivity contribution in [3.8, 4) is 0 Å². The van der Waals surface area contributed by atoms with E-state index in [1.54, 1.807) is 30.7 Å². The van der Waals surface area contributed by atoms with E-state index in [1.807, 2.05) is 13.8 Å². The maximum atomic E-state index is 12.1. The molecule has 1 fully saturated rings. The lowest BCUT2D eigenvalue weighted by atomic mass is 9.97. The van der Waals surface area contributed by atoms with E-state index in [2.05, 4.69) is 9.97 Å². The first kappa shape index (κ1) is 20.2. The molecule has 1 aliphatic rings. The standard InChI is InChI=1S/C17H27N4O5P/c1-9(2)27(24)26-17(3,4)7-11-12(22)13(23)16(25-11)21-6-5-10-14(18)19-8-20-15(10)21/h5-6,8-9,11-13,16,22-23,27H,7H2,1-4H3,(H2,18,19,20)/t11-,12?,13-,16?/m1/s1. The first-order valence-corrected chi connectivity index (χ1v) is 10.3. The number of hydrogen-bond acceptors (Lipinski definition) is 8. The molecular formula is C17H27N4O5P. The summed E-state index contributed by atoms with van der Waals surface area (Å²) < 4.78 is 25.4. The van der Waals surface area contributed by atoms with Crippen molar-refractivity contribution in [1.82, 2.24) is 14.5 Å². The van der Waals surface area contributed by atoms with Gasteiger partial charge in [-0.3, -0.25) is 4.57 Å². The van der Waals surface area contributed by atoms with Gasteiger partial charge in [-0.2, -0.15) is 0 Å². The Labute approximate surface area is 158 Å². The van der Waals surface area contributed by atoms with Crippen molar-refractivity contribution in [3.05, 3.63) is 18.6 Å². The lowest BCUT2D eigenvalue weighted by Crippen LogP contribution is -2.36. The number of nitrogens with zero attached hydrogens (tertiary/aromatic N) is 3. The highest BCUT2D eigenvalue weighted by Gasteiger charge is 2.46. The molecule has 3 rings (SSSR count). The number of rotatable bonds is 6. The fourth-order valence-electron chi connectivity index (χ4n) is 3.24. The van der Waals surface area contributed by atoms with E-state index in [4.69, 9.17) is 15.0 Å². The molecule has 9 nitrogen and oxygen atoms in total. The third-order valence-electron chi connectivity index (χ3n) is 4.69. The fraction of sp³-hybridized carbons (Fsp3) is 0.647. The van der Waals surface area contributed by atoms with Crippen molar-refractivity contribution >= 4 is 24.9 Å². The van der Waals surface area contributed by atoms with Gasteiger partial charge in [0.2, 0.25) is 0 Å². The average Bonchev–Trinajstić information content (AvgIpc) is 3.11. The zero-order valence-electron chi connectivity index (χ0n) is 15.9. The van der Waals surface area contributed by atoms with Crippen LogP contribution in [0.15, 0.2) is 18.6 Å². The number of nitrogens with two attached hydrogens (primary N) is 1. The van der Waals surface area contributed by atoms with Crippen molar-refractivity contribution in [2.75, 3.05) is 5.73 Å². The summed E-state index contributed by atoms with van der Waals surface area (Å²) in [6, 6.07) is 1.74. The normalized spacial score (nSPS) is 27.5. The van der Waals surface area contributed by atoms with Crippen LogP contribution in [0, 0.1) is 0 Å². The third kappa shape index (κ3) is 4.02. The summed E-state index contributed by atoms with van der Waals surface area (Å²) in [5.41, 5.74) is 5.52. The molecule has 1 aliphatic heterocycles. The van der Waals surface area contributed by atoms with Crippen LogP contribution >= 0.6 is 8.03 Å². The first-order valence-electron chi connectivity index (χ1n) is 8.92. The molecule has 150 valence electrons. The molecule has 1 saturated heterocycles. The van der Waals surface area contributed by atoms with Gasteiger partial charge in [0, 0.05) is 18.3 Å². The van der Waals surface area contributed by atoms with Crippen molar-refractivity contribution in [2.45, 2.75) is 69.9 Å². The summed E-state index contributed by atoms with van der Waals surface area (Å²) in [5, 5.41) is 21.7. The molecule has 0 radical (unpaired) electrons. The Morgan fingerprint density at radius 2 is 2.07 bits per heavy atom. The van der Waals surface area contributed by atoms with Crippen LogP contribution in [-0.4, -0.2) is 54.3 Å². The number of aliphatic hydroxyl groups excluding tert-OH is 2. The minimum atomic E-state index is -2.21. The quantitative estimate of drug-likeness (QED) is 0.626. The van der Waals surface area contributed by atoms with Crippen molar-refractivity contribution in [2.24, 2.45) is 0 Å². The molecule has 3 heterocycles. The molecule has 0 amide bonds. The monoisotopic (exact) mass is 398 g/mol. The van der Waals surface area contributed by atoms with Gasteiger partial charge in [0.15, 0.2) is 14.3 Å².